The van der Waals surface area contributed by atoms with Crippen molar-refractivity contribution in [1.29, 1.82) is 0 Å². The summed E-state index contributed by atoms with van der Waals surface area (Å²) in [5, 5.41) is 9.84. The zero-order valence-corrected chi connectivity index (χ0v) is 13.2. The van der Waals surface area contributed by atoms with Crippen LogP contribution in [-0.2, 0) is 14.2 Å². The number of carbonyl (C=O) groups excluding carboxylic acids is 2. The minimum absolute atomic E-state index is 0.0189. The number of ether oxygens (including phenoxy) is 3. The van der Waals surface area contributed by atoms with Crippen LogP contribution in [0.5, 0.6) is 5.75 Å². The molecule has 3 rings (SSSR count). The van der Waals surface area contributed by atoms with Crippen LogP contribution in [-0.4, -0.2) is 37.2 Å². The summed E-state index contributed by atoms with van der Waals surface area (Å²) in [6.45, 7) is 3.00. The Hall–Kier alpha value is -2.29. The van der Waals surface area contributed by atoms with E-state index in [2.05, 4.69) is 4.74 Å². The molecule has 1 aliphatic carbocycles. The van der Waals surface area contributed by atoms with E-state index in [1.54, 1.807) is 6.92 Å². The zero-order chi connectivity index (χ0) is 17.4. The van der Waals surface area contributed by atoms with Crippen molar-refractivity contribution in [3.8, 4) is 5.75 Å². The van der Waals surface area contributed by atoms with E-state index in [1.165, 1.54) is 13.0 Å². The lowest BCUT2D eigenvalue weighted by Gasteiger charge is -2.22. The van der Waals surface area contributed by atoms with Gasteiger partial charge in [-0.15, -0.1) is 0 Å². The molecule has 7 nitrogen and oxygen atoms in total. The first-order valence-corrected chi connectivity index (χ1v) is 7.63. The van der Waals surface area contributed by atoms with Gasteiger partial charge >= 0.3 is 19.2 Å². The Bertz CT molecular complexity index is 680. The molecular formula is C15H16BFO7. The molecule has 1 aliphatic heterocycles. The third-order valence-corrected chi connectivity index (χ3v) is 3.98. The predicted molar refractivity (Wildman–Crippen MR) is 79.1 cm³/mol. The van der Waals surface area contributed by atoms with Gasteiger partial charge in [-0.2, -0.15) is 0 Å². The van der Waals surface area contributed by atoms with E-state index >= 15 is 0 Å². The maximum absolute atomic E-state index is 14.1. The molecule has 1 aromatic carbocycles. The van der Waals surface area contributed by atoms with Gasteiger partial charge in [-0.1, -0.05) is 6.07 Å². The normalized spacial score (nSPS) is 21.8. The highest BCUT2D eigenvalue weighted by molar-refractivity contribution is 6.48. The van der Waals surface area contributed by atoms with Crippen LogP contribution in [0.2, 0.25) is 5.82 Å². The van der Waals surface area contributed by atoms with Crippen LogP contribution in [0.25, 0.3) is 0 Å². The zero-order valence-electron chi connectivity index (χ0n) is 13.2. The smallest absolute Gasteiger partial charge is 0.526 e. The van der Waals surface area contributed by atoms with E-state index in [9.17, 15) is 19.0 Å². The van der Waals surface area contributed by atoms with Crippen LogP contribution in [0, 0.1) is 5.82 Å². The number of esters is 1. The van der Waals surface area contributed by atoms with Crippen LogP contribution in [0.3, 0.4) is 0 Å². The number of carbonyl (C=O) groups is 2. The van der Waals surface area contributed by atoms with Gasteiger partial charge in [0.1, 0.15) is 17.1 Å². The molecule has 9 heteroatoms. The highest BCUT2D eigenvalue weighted by atomic mass is 19.1. The second-order valence-corrected chi connectivity index (χ2v) is 5.63. The van der Waals surface area contributed by atoms with Crippen molar-refractivity contribution in [3.05, 3.63) is 29.1 Å². The Labute approximate surface area is 137 Å². The van der Waals surface area contributed by atoms with E-state index in [-0.39, 0.29) is 24.1 Å². The highest BCUT2D eigenvalue weighted by Crippen LogP contribution is 2.60. The first-order chi connectivity index (χ1) is 11.4. The molecule has 3 atom stereocenters. The number of benzene rings is 1. The third-order valence-electron chi connectivity index (χ3n) is 3.98. The summed E-state index contributed by atoms with van der Waals surface area (Å²) in [5.41, 5.74) is 0.244. The van der Waals surface area contributed by atoms with Gasteiger partial charge in [0, 0.05) is 12.7 Å². The molecule has 0 radical (unpaired) electrons. The van der Waals surface area contributed by atoms with Gasteiger partial charge in [-0.3, -0.25) is 0 Å². The van der Waals surface area contributed by atoms with Crippen LogP contribution in [0.4, 0.5) is 9.18 Å². The number of halogens is 1. The van der Waals surface area contributed by atoms with Gasteiger partial charge in [0.25, 0.3) is 0 Å². The predicted octanol–water partition coefficient (Wildman–Crippen LogP) is 2.23. The first-order valence-electron chi connectivity index (χ1n) is 7.63. The summed E-state index contributed by atoms with van der Waals surface area (Å²) in [7, 11) is -1.08. The molecule has 24 heavy (non-hydrogen) atoms. The maximum atomic E-state index is 14.1. The fourth-order valence-electron chi connectivity index (χ4n) is 2.80. The molecule has 128 valence electrons. The van der Waals surface area contributed by atoms with Crippen molar-refractivity contribution in [2.45, 2.75) is 38.3 Å². The van der Waals surface area contributed by atoms with Gasteiger partial charge in [-0.05, 0) is 30.9 Å². The second kappa shape index (κ2) is 6.31. The van der Waals surface area contributed by atoms with Gasteiger partial charge in [0.15, 0.2) is 0 Å². The Morgan fingerprint density at radius 1 is 1.46 bits per heavy atom. The Balaban J connectivity index is 1.78. The largest absolute Gasteiger partial charge is 0.535 e. The van der Waals surface area contributed by atoms with Crippen molar-refractivity contribution in [2.24, 2.45) is 0 Å². The Morgan fingerprint density at radius 2 is 2.21 bits per heavy atom. The van der Waals surface area contributed by atoms with Crippen molar-refractivity contribution in [3.63, 3.8) is 0 Å². The lowest BCUT2D eigenvalue weighted by molar-refractivity contribution is -0.0813. The molecular weight excluding hydrogens is 322 g/mol. The van der Waals surface area contributed by atoms with Crippen LogP contribution >= 0.6 is 0 Å². The fraction of sp³-hybridized carbons (Fsp3) is 0.467. The Morgan fingerprint density at radius 3 is 2.92 bits per heavy atom. The molecule has 2 aliphatic rings. The van der Waals surface area contributed by atoms with Crippen molar-refractivity contribution >= 4 is 19.2 Å². The average molecular weight is 338 g/mol. The van der Waals surface area contributed by atoms with E-state index in [1.807, 2.05) is 0 Å². The topological polar surface area (TPSA) is 91.3 Å². The van der Waals surface area contributed by atoms with Crippen LogP contribution in [0.1, 0.15) is 42.1 Å². The summed E-state index contributed by atoms with van der Waals surface area (Å²) >= 11 is 0. The van der Waals surface area contributed by atoms with E-state index in [0.717, 1.165) is 12.5 Å². The van der Waals surface area contributed by atoms with E-state index < -0.39 is 36.9 Å². The standard InChI is InChI=1S/C15H16BFO7/c1-3-21-15(19)23-7(2)22-14(18)12-11(17)5-4-8-9-6-10(9)16(20)24-13(8)12/h4-5,7,9-10,20H,3,6H2,1-2H3. The minimum Gasteiger partial charge on any atom is -0.535 e. The molecule has 0 saturated heterocycles. The summed E-state index contributed by atoms with van der Waals surface area (Å²) in [6, 6.07) is 2.69. The summed E-state index contributed by atoms with van der Waals surface area (Å²) in [4.78, 5) is 23.5. The molecule has 3 unspecified atom stereocenters. The molecule has 1 heterocycles. The molecule has 1 N–H and O–H groups in total. The van der Waals surface area contributed by atoms with E-state index in [0.29, 0.717) is 5.56 Å². The monoisotopic (exact) mass is 338 g/mol. The van der Waals surface area contributed by atoms with Crippen molar-refractivity contribution in [2.75, 3.05) is 6.61 Å². The molecule has 1 saturated carbocycles. The average Bonchev–Trinajstić information content (AvgIpc) is 3.28. The SMILES string of the molecule is CCOC(=O)OC(C)OC(=O)c1c(F)ccc2c1OB(O)C1CC21. The lowest BCUT2D eigenvalue weighted by atomic mass is 9.77. The molecule has 0 spiro atoms. The Kier molecular flexibility index (Phi) is 4.36. The molecule has 1 aromatic rings. The highest BCUT2D eigenvalue weighted by Gasteiger charge is 2.54. The summed E-state index contributed by atoms with van der Waals surface area (Å²) in [6.07, 6.45) is -1.55. The van der Waals surface area contributed by atoms with Crippen LogP contribution in [0.15, 0.2) is 12.1 Å². The summed E-state index contributed by atoms with van der Waals surface area (Å²) in [5.74, 6) is -1.89. The maximum Gasteiger partial charge on any atom is 0.526 e. The first kappa shape index (κ1) is 16.6. The van der Waals surface area contributed by atoms with E-state index in [4.69, 9.17) is 14.1 Å². The van der Waals surface area contributed by atoms with Gasteiger partial charge in [0.05, 0.1) is 6.61 Å². The number of hydrogen-bond donors (Lipinski definition) is 1. The number of rotatable bonds is 4. The summed E-state index contributed by atoms with van der Waals surface area (Å²) < 4.78 is 33.6. The number of fused-ring (bicyclic) bond motifs is 3. The molecule has 1 fully saturated rings. The molecule has 0 amide bonds. The van der Waals surface area contributed by atoms with Crippen molar-refractivity contribution < 1.29 is 37.9 Å². The second-order valence-electron chi connectivity index (χ2n) is 5.63. The third kappa shape index (κ3) is 3.03. The minimum atomic E-state index is -1.27. The van der Waals surface area contributed by atoms with Crippen LogP contribution < -0.4 is 4.65 Å². The van der Waals surface area contributed by atoms with Gasteiger partial charge < -0.3 is 23.9 Å². The number of hydrogen-bond acceptors (Lipinski definition) is 7. The fourth-order valence-corrected chi connectivity index (χ4v) is 2.80. The van der Waals surface area contributed by atoms with Gasteiger partial charge in [-0.25, -0.2) is 14.0 Å². The van der Waals surface area contributed by atoms with Crippen molar-refractivity contribution in [1.82, 2.24) is 0 Å². The lowest BCUT2D eigenvalue weighted by Crippen LogP contribution is -2.29. The van der Waals surface area contributed by atoms with Gasteiger partial charge in [0.2, 0.25) is 6.29 Å². The quantitative estimate of drug-likeness (QED) is 0.511. The molecule has 0 aromatic heterocycles. The molecule has 0 bridgehead atoms.